The van der Waals surface area contributed by atoms with Gasteiger partial charge in [0.15, 0.2) is 9.84 Å². The first kappa shape index (κ1) is 16.2. The van der Waals surface area contributed by atoms with Gasteiger partial charge in [0.2, 0.25) is 5.91 Å². The number of carbonyl (C=O) groups excluding carboxylic acids is 1. The molecule has 0 saturated carbocycles. The first-order valence-corrected chi connectivity index (χ1v) is 7.66. The summed E-state index contributed by atoms with van der Waals surface area (Å²) in [7, 11) is -3.45. The topological polar surface area (TPSA) is 114 Å². The lowest BCUT2D eigenvalue weighted by molar-refractivity contribution is -0.118. The van der Waals surface area contributed by atoms with E-state index >= 15 is 0 Å². The lowest BCUT2D eigenvalue weighted by Crippen LogP contribution is -2.32. The van der Waals surface area contributed by atoms with E-state index in [1.807, 2.05) is 0 Å². The minimum Gasteiger partial charge on any atom is -0.478 e. The van der Waals surface area contributed by atoms with Crippen LogP contribution < -0.4 is 5.32 Å². The molecule has 1 amide bonds. The molecule has 112 valence electrons. The molecule has 2 N–H and O–H groups in total. The summed E-state index contributed by atoms with van der Waals surface area (Å²) in [6, 6.07) is 1.30. The zero-order valence-corrected chi connectivity index (χ0v) is 12.3. The van der Waals surface area contributed by atoms with Gasteiger partial charge in [-0.15, -0.1) is 0 Å². The van der Waals surface area contributed by atoms with E-state index in [2.05, 4.69) is 5.32 Å². The maximum atomic E-state index is 11.5. The third-order valence-corrected chi connectivity index (χ3v) is 4.81. The van der Waals surface area contributed by atoms with Gasteiger partial charge < -0.3 is 14.8 Å². The Morgan fingerprint density at radius 3 is 2.45 bits per heavy atom. The predicted molar refractivity (Wildman–Crippen MR) is 71.2 cm³/mol. The summed E-state index contributed by atoms with van der Waals surface area (Å²) in [6.07, 6.45) is 0. The highest BCUT2D eigenvalue weighted by molar-refractivity contribution is 7.92. The van der Waals surface area contributed by atoms with Gasteiger partial charge in [-0.3, -0.25) is 4.79 Å². The molecule has 8 heteroatoms. The average Bonchev–Trinajstić information content (AvgIpc) is 2.67. The molecule has 0 bridgehead atoms. The molecule has 1 aromatic heterocycles. The number of sulfone groups is 1. The van der Waals surface area contributed by atoms with Gasteiger partial charge in [0, 0.05) is 0 Å². The van der Waals surface area contributed by atoms with E-state index in [4.69, 9.17) is 9.52 Å². The molecule has 0 radical (unpaired) electrons. The Morgan fingerprint density at radius 1 is 1.40 bits per heavy atom. The van der Waals surface area contributed by atoms with Crippen molar-refractivity contribution in [3.8, 4) is 0 Å². The molecule has 0 unspecified atom stereocenters. The third-order valence-electron chi connectivity index (χ3n) is 2.71. The first-order chi connectivity index (χ1) is 9.13. The molecule has 0 fully saturated rings. The van der Waals surface area contributed by atoms with E-state index in [-0.39, 0.29) is 23.6 Å². The monoisotopic (exact) mass is 303 g/mol. The molecule has 1 aromatic rings. The quantitative estimate of drug-likeness (QED) is 0.800. The largest absolute Gasteiger partial charge is 0.478 e. The van der Waals surface area contributed by atoms with Crippen LogP contribution in [0.1, 0.15) is 35.7 Å². The summed E-state index contributed by atoms with van der Waals surface area (Å²) in [5.74, 6) is -1.88. The van der Waals surface area contributed by atoms with E-state index in [0.29, 0.717) is 0 Å². The van der Waals surface area contributed by atoms with Crippen molar-refractivity contribution >= 4 is 21.7 Å². The molecule has 0 aliphatic carbocycles. The van der Waals surface area contributed by atoms with Gasteiger partial charge in [0.25, 0.3) is 0 Å². The Hall–Kier alpha value is -1.83. The SMILES string of the molecule is Cc1oc(CNC(=O)CS(=O)(=O)C(C)C)cc1C(=O)O. The number of aromatic carboxylic acids is 1. The molecule has 1 heterocycles. The van der Waals surface area contributed by atoms with Crippen molar-refractivity contribution in [3.05, 3.63) is 23.2 Å². The molecule has 7 nitrogen and oxygen atoms in total. The van der Waals surface area contributed by atoms with Crippen molar-refractivity contribution in [2.45, 2.75) is 32.6 Å². The van der Waals surface area contributed by atoms with Crippen molar-refractivity contribution in [1.29, 1.82) is 0 Å². The Bertz CT molecular complexity index is 614. The van der Waals surface area contributed by atoms with Crippen LogP contribution in [0.15, 0.2) is 10.5 Å². The zero-order valence-electron chi connectivity index (χ0n) is 11.5. The lowest BCUT2D eigenvalue weighted by atomic mass is 10.2. The van der Waals surface area contributed by atoms with Crippen molar-refractivity contribution in [2.24, 2.45) is 0 Å². The van der Waals surface area contributed by atoms with Crippen molar-refractivity contribution in [2.75, 3.05) is 5.75 Å². The number of aryl methyl sites for hydroxylation is 1. The number of hydrogen-bond acceptors (Lipinski definition) is 5. The second-order valence-corrected chi connectivity index (χ2v) is 7.18. The van der Waals surface area contributed by atoms with Gasteiger partial charge in [0.1, 0.15) is 22.8 Å². The molecular formula is C12H17NO6S. The number of nitrogens with one attached hydrogen (secondary N) is 1. The minimum absolute atomic E-state index is 0.0176. The maximum Gasteiger partial charge on any atom is 0.339 e. The van der Waals surface area contributed by atoms with Gasteiger partial charge in [-0.2, -0.15) is 0 Å². The summed E-state index contributed by atoms with van der Waals surface area (Å²) >= 11 is 0. The van der Waals surface area contributed by atoms with E-state index in [1.165, 1.54) is 26.8 Å². The average molecular weight is 303 g/mol. The number of furan rings is 1. The number of carbonyl (C=O) groups is 2. The van der Waals surface area contributed by atoms with Gasteiger partial charge in [-0.25, -0.2) is 13.2 Å². The third kappa shape index (κ3) is 4.09. The number of rotatable bonds is 6. The number of carboxylic acids is 1. The Morgan fingerprint density at radius 2 is 2.00 bits per heavy atom. The molecular weight excluding hydrogens is 286 g/mol. The standard InChI is InChI=1S/C12H17NO6S/c1-7(2)20(17,18)6-11(14)13-5-9-4-10(12(15)16)8(3)19-9/h4,7H,5-6H2,1-3H3,(H,13,14)(H,15,16). The fourth-order valence-electron chi connectivity index (χ4n) is 1.43. The molecule has 20 heavy (non-hydrogen) atoms. The second-order valence-electron chi connectivity index (χ2n) is 4.62. The number of hydrogen-bond donors (Lipinski definition) is 2. The highest BCUT2D eigenvalue weighted by Crippen LogP contribution is 2.14. The number of amides is 1. The summed E-state index contributed by atoms with van der Waals surface area (Å²) in [5, 5.41) is 10.6. The fourth-order valence-corrected chi connectivity index (χ4v) is 2.23. The van der Waals surface area contributed by atoms with Crippen LogP contribution in [0.25, 0.3) is 0 Å². The van der Waals surface area contributed by atoms with Crippen LogP contribution in [0.5, 0.6) is 0 Å². The Labute approximate surface area is 116 Å². The van der Waals surface area contributed by atoms with Crippen LogP contribution >= 0.6 is 0 Å². The van der Waals surface area contributed by atoms with Crippen molar-refractivity contribution in [3.63, 3.8) is 0 Å². The molecule has 0 atom stereocenters. The molecule has 0 spiro atoms. The summed E-state index contributed by atoms with van der Waals surface area (Å²) in [4.78, 5) is 22.3. The van der Waals surface area contributed by atoms with Crippen LogP contribution in [0, 0.1) is 6.92 Å². The van der Waals surface area contributed by atoms with Crippen molar-refractivity contribution < 1.29 is 27.5 Å². The zero-order chi connectivity index (χ0) is 15.5. The first-order valence-electron chi connectivity index (χ1n) is 5.94. The molecule has 1 rings (SSSR count). The lowest BCUT2D eigenvalue weighted by Gasteiger charge is -2.07. The van der Waals surface area contributed by atoms with Crippen molar-refractivity contribution in [1.82, 2.24) is 5.32 Å². The summed E-state index contributed by atoms with van der Waals surface area (Å²) < 4.78 is 28.2. The smallest absolute Gasteiger partial charge is 0.339 e. The van der Waals surface area contributed by atoms with Crippen LogP contribution in [-0.4, -0.2) is 36.4 Å². The van der Waals surface area contributed by atoms with Gasteiger partial charge in [-0.05, 0) is 26.8 Å². The van der Waals surface area contributed by atoms with Gasteiger partial charge in [-0.1, -0.05) is 0 Å². The van der Waals surface area contributed by atoms with Gasteiger partial charge in [0.05, 0.1) is 11.8 Å². The van der Waals surface area contributed by atoms with Crippen LogP contribution in [0.4, 0.5) is 0 Å². The van der Waals surface area contributed by atoms with E-state index < -0.39 is 32.7 Å². The highest BCUT2D eigenvalue weighted by Gasteiger charge is 2.21. The number of carboxylic acid groups (broad SMARTS) is 1. The normalized spacial score (nSPS) is 11.6. The summed E-state index contributed by atoms with van der Waals surface area (Å²) in [6.45, 7) is 4.44. The Kier molecular flexibility index (Phi) is 4.93. The minimum atomic E-state index is -3.45. The molecule has 0 saturated heterocycles. The van der Waals surface area contributed by atoms with Crippen LogP contribution in [0.2, 0.25) is 0 Å². The second kappa shape index (κ2) is 6.08. The maximum absolute atomic E-state index is 11.5. The van der Waals surface area contributed by atoms with E-state index in [1.54, 1.807) is 0 Å². The highest BCUT2D eigenvalue weighted by atomic mass is 32.2. The molecule has 0 aliphatic heterocycles. The van der Waals surface area contributed by atoms with Crippen LogP contribution in [0.3, 0.4) is 0 Å². The predicted octanol–water partition coefficient (Wildman–Crippen LogP) is 0.726. The van der Waals surface area contributed by atoms with E-state index in [9.17, 15) is 18.0 Å². The fraction of sp³-hybridized carbons (Fsp3) is 0.500. The van der Waals surface area contributed by atoms with Gasteiger partial charge >= 0.3 is 5.97 Å². The van der Waals surface area contributed by atoms with E-state index in [0.717, 1.165) is 0 Å². The Balaban J connectivity index is 2.62. The molecule has 0 aromatic carbocycles. The molecule has 0 aliphatic rings. The summed E-state index contributed by atoms with van der Waals surface area (Å²) in [5.41, 5.74) is 0.0176. The van der Waals surface area contributed by atoms with Crippen LogP contribution in [-0.2, 0) is 21.2 Å².